The molecular formula is C16H15Cl2NO2. The van der Waals surface area contributed by atoms with Gasteiger partial charge in [-0.25, -0.2) is 0 Å². The SMILES string of the molecule is CO[C@@H](C(=O)NCc1ccc(Cl)cc1Cl)c1ccccc1. The molecule has 0 radical (unpaired) electrons. The average molecular weight is 324 g/mol. The molecule has 2 aromatic rings. The first-order valence-corrected chi connectivity index (χ1v) is 7.17. The summed E-state index contributed by atoms with van der Waals surface area (Å²) in [5.74, 6) is -0.213. The third-order valence-corrected chi connectivity index (χ3v) is 3.63. The molecule has 2 rings (SSSR count). The molecule has 0 saturated heterocycles. The molecule has 0 spiro atoms. The van der Waals surface area contributed by atoms with Crippen LogP contribution in [-0.2, 0) is 16.1 Å². The molecule has 0 bridgehead atoms. The smallest absolute Gasteiger partial charge is 0.254 e. The van der Waals surface area contributed by atoms with Gasteiger partial charge in [0.25, 0.3) is 5.91 Å². The molecule has 1 amide bonds. The van der Waals surface area contributed by atoms with E-state index in [0.717, 1.165) is 11.1 Å². The molecule has 0 heterocycles. The van der Waals surface area contributed by atoms with Gasteiger partial charge in [0.2, 0.25) is 0 Å². The second-order valence-electron chi connectivity index (χ2n) is 4.48. The lowest BCUT2D eigenvalue weighted by molar-refractivity contribution is -0.131. The minimum atomic E-state index is -0.641. The average Bonchev–Trinajstić information content (AvgIpc) is 2.48. The first-order chi connectivity index (χ1) is 10.1. The number of amides is 1. The minimum absolute atomic E-state index is 0.213. The Morgan fingerprint density at radius 3 is 2.52 bits per heavy atom. The maximum Gasteiger partial charge on any atom is 0.254 e. The van der Waals surface area contributed by atoms with E-state index in [-0.39, 0.29) is 5.91 Å². The van der Waals surface area contributed by atoms with Crippen molar-refractivity contribution in [3.05, 3.63) is 69.7 Å². The fourth-order valence-corrected chi connectivity index (χ4v) is 2.44. The monoisotopic (exact) mass is 323 g/mol. The van der Waals surface area contributed by atoms with Gasteiger partial charge in [-0.3, -0.25) is 4.79 Å². The quantitative estimate of drug-likeness (QED) is 0.903. The van der Waals surface area contributed by atoms with Crippen molar-refractivity contribution in [1.29, 1.82) is 0 Å². The maximum absolute atomic E-state index is 12.2. The normalized spacial score (nSPS) is 12.0. The summed E-state index contributed by atoms with van der Waals surface area (Å²) in [6.45, 7) is 0.321. The molecule has 0 aliphatic rings. The highest BCUT2D eigenvalue weighted by molar-refractivity contribution is 6.35. The van der Waals surface area contributed by atoms with E-state index in [2.05, 4.69) is 5.32 Å². The van der Waals surface area contributed by atoms with Crippen LogP contribution in [0.5, 0.6) is 0 Å². The summed E-state index contributed by atoms with van der Waals surface area (Å²) >= 11 is 11.9. The van der Waals surface area contributed by atoms with Crippen molar-refractivity contribution in [2.24, 2.45) is 0 Å². The Morgan fingerprint density at radius 2 is 1.90 bits per heavy atom. The van der Waals surface area contributed by atoms with Crippen LogP contribution in [0.25, 0.3) is 0 Å². The van der Waals surface area contributed by atoms with E-state index in [1.54, 1.807) is 18.2 Å². The molecule has 0 fully saturated rings. The minimum Gasteiger partial charge on any atom is -0.367 e. The van der Waals surface area contributed by atoms with Crippen LogP contribution in [0.1, 0.15) is 17.2 Å². The lowest BCUT2D eigenvalue weighted by Crippen LogP contribution is -2.30. The Labute approximate surface area is 133 Å². The number of carbonyl (C=O) groups excluding carboxylic acids is 1. The van der Waals surface area contributed by atoms with Crippen molar-refractivity contribution in [1.82, 2.24) is 5.32 Å². The van der Waals surface area contributed by atoms with E-state index in [1.165, 1.54) is 7.11 Å². The van der Waals surface area contributed by atoms with Gasteiger partial charge in [0, 0.05) is 23.7 Å². The second kappa shape index (κ2) is 7.46. The van der Waals surface area contributed by atoms with Crippen LogP contribution < -0.4 is 5.32 Å². The molecule has 110 valence electrons. The largest absolute Gasteiger partial charge is 0.367 e. The van der Waals surface area contributed by atoms with E-state index >= 15 is 0 Å². The zero-order valence-electron chi connectivity index (χ0n) is 11.5. The Hall–Kier alpha value is -1.55. The van der Waals surface area contributed by atoms with E-state index in [0.29, 0.717) is 16.6 Å². The maximum atomic E-state index is 12.2. The molecule has 2 aromatic carbocycles. The third-order valence-electron chi connectivity index (χ3n) is 3.04. The van der Waals surface area contributed by atoms with Gasteiger partial charge in [0.1, 0.15) is 0 Å². The summed E-state index contributed by atoms with van der Waals surface area (Å²) in [5, 5.41) is 3.91. The van der Waals surface area contributed by atoms with Gasteiger partial charge in [0.15, 0.2) is 6.10 Å². The van der Waals surface area contributed by atoms with Crippen LogP contribution >= 0.6 is 23.2 Å². The Balaban J connectivity index is 2.03. The third kappa shape index (κ3) is 4.21. The first kappa shape index (κ1) is 15.8. The second-order valence-corrected chi connectivity index (χ2v) is 5.32. The van der Waals surface area contributed by atoms with E-state index in [9.17, 15) is 4.79 Å². The predicted octanol–water partition coefficient (Wildman–Crippen LogP) is 4.00. The molecule has 0 aromatic heterocycles. The van der Waals surface area contributed by atoms with Crippen molar-refractivity contribution in [3.63, 3.8) is 0 Å². The molecule has 0 saturated carbocycles. The molecule has 0 unspecified atom stereocenters. The molecule has 21 heavy (non-hydrogen) atoms. The number of methoxy groups -OCH3 is 1. The van der Waals surface area contributed by atoms with Gasteiger partial charge < -0.3 is 10.1 Å². The Kier molecular flexibility index (Phi) is 5.62. The van der Waals surface area contributed by atoms with Crippen LogP contribution in [0.3, 0.4) is 0 Å². The molecule has 0 aliphatic heterocycles. The topological polar surface area (TPSA) is 38.3 Å². The Bertz CT molecular complexity index is 617. The number of ether oxygens (including phenoxy) is 1. The lowest BCUT2D eigenvalue weighted by Gasteiger charge is -2.16. The fourth-order valence-electron chi connectivity index (χ4n) is 1.96. The summed E-state index contributed by atoms with van der Waals surface area (Å²) in [4.78, 5) is 12.2. The van der Waals surface area contributed by atoms with Crippen LogP contribution in [0, 0.1) is 0 Å². The summed E-state index contributed by atoms with van der Waals surface area (Å²) in [5.41, 5.74) is 1.61. The number of hydrogen-bond donors (Lipinski definition) is 1. The van der Waals surface area contributed by atoms with Gasteiger partial charge >= 0.3 is 0 Å². The van der Waals surface area contributed by atoms with Crippen LogP contribution in [-0.4, -0.2) is 13.0 Å². The van der Waals surface area contributed by atoms with Gasteiger partial charge in [-0.15, -0.1) is 0 Å². The van der Waals surface area contributed by atoms with Gasteiger partial charge in [-0.2, -0.15) is 0 Å². The molecule has 3 nitrogen and oxygen atoms in total. The number of benzene rings is 2. The zero-order chi connectivity index (χ0) is 15.2. The van der Waals surface area contributed by atoms with Crippen LogP contribution in [0.2, 0.25) is 10.0 Å². The van der Waals surface area contributed by atoms with Gasteiger partial charge in [-0.05, 0) is 23.3 Å². The molecule has 1 N–H and O–H groups in total. The van der Waals surface area contributed by atoms with E-state index in [4.69, 9.17) is 27.9 Å². The zero-order valence-corrected chi connectivity index (χ0v) is 13.0. The molecule has 0 aliphatic carbocycles. The standard InChI is InChI=1S/C16H15Cl2NO2/c1-21-15(11-5-3-2-4-6-11)16(20)19-10-12-7-8-13(17)9-14(12)18/h2-9,15H,10H2,1H3,(H,19,20)/t15-/m1/s1. The van der Waals surface area contributed by atoms with Gasteiger partial charge in [-0.1, -0.05) is 59.6 Å². The van der Waals surface area contributed by atoms with Crippen molar-refractivity contribution in [2.45, 2.75) is 12.6 Å². The summed E-state index contributed by atoms with van der Waals surface area (Å²) in [6, 6.07) is 14.5. The predicted molar refractivity (Wildman–Crippen MR) is 84.5 cm³/mol. The van der Waals surface area contributed by atoms with E-state index in [1.807, 2.05) is 30.3 Å². The highest BCUT2D eigenvalue weighted by atomic mass is 35.5. The van der Waals surface area contributed by atoms with Gasteiger partial charge in [0.05, 0.1) is 0 Å². The fraction of sp³-hybridized carbons (Fsp3) is 0.188. The van der Waals surface area contributed by atoms with Crippen LogP contribution in [0.15, 0.2) is 48.5 Å². The molecule has 1 atom stereocenters. The lowest BCUT2D eigenvalue weighted by atomic mass is 10.1. The number of halogens is 2. The summed E-state index contributed by atoms with van der Waals surface area (Å²) in [6.07, 6.45) is -0.641. The molecular weight excluding hydrogens is 309 g/mol. The Morgan fingerprint density at radius 1 is 1.19 bits per heavy atom. The highest BCUT2D eigenvalue weighted by Crippen LogP contribution is 2.21. The van der Waals surface area contributed by atoms with Crippen molar-refractivity contribution in [3.8, 4) is 0 Å². The van der Waals surface area contributed by atoms with E-state index < -0.39 is 6.10 Å². The van der Waals surface area contributed by atoms with Crippen molar-refractivity contribution < 1.29 is 9.53 Å². The summed E-state index contributed by atoms with van der Waals surface area (Å²) in [7, 11) is 1.51. The van der Waals surface area contributed by atoms with Crippen molar-refractivity contribution >= 4 is 29.1 Å². The highest BCUT2D eigenvalue weighted by Gasteiger charge is 2.19. The molecule has 5 heteroatoms. The number of nitrogens with one attached hydrogen (secondary N) is 1. The van der Waals surface area contributed by atoms with Crippen molar-refractivity contribution in [2.75, 3.05) is 7.11 Å². The number of hydrogen-bond acceptors (Lipinski definition) is 2. The first-order valence-electron chi connectivity index (χ1n) is 6.41. The summed E-state index contributed by atoms with van der Waals surface area (Å²) < 4.78 is 5.27. The number of carbonyl (C=O) groups is 1. The van der Waals surface area contributed by atoms with Crippen LogP contribution in [0.4, 0.5) is 0 Å². The number of rotatable bonds is 5.